The molecule has 0 fully saturated rings. The average molecular weight is 387 g/mol. The van der Waals surface area contributed by atoms with Crippen LogP contribution in [0.5, 0.6) is 0 Å². The first-order valence-electron chi connectivity index (χ1n) is 9.77. The molecular formula is C25H25NO3. The van der Waals surface area contributed by atoms with Crippen molar-refractivity contribution in [2.75, 3.05) is 6.61 Å². The Morgan fingerprint density at radius 3 is 2.28 bits per heavy atom. The lowest BCUT2D eigenvalue weighted by atomic mass is 9.88. The van der Waals surface area contributed by atoms with Gasteiger partial charge in [-0.3, -0.25) is 4.79 Å². The molecule has 0 aliphatic carbocycles. The van der Waals surface area contributed by atoms with E-state index in [1.165, 1.54) is 0 Å². The molecule has 29 heavy (non-hydrogen) atoms. The van der Waals surface area contributed by atoms with Gasteiger partial charge in [-0.05, 0) is 44.9 Å². The summed E-state index contributed by atoms with van der Waals surface area (Å²) in [5.41, 5.74) is 5.26. The third-order valence-electron chi connectivity index (χ3n) is 4.93. The normalized spacial score (nSPS) is 11.7. The first-order valence-corrected chi connectivity index (χ1v) is 9.77. The standard InChI is InChI=1S/C25H25NO3/c1-5-29-25(28)21-15-17(3)22(19-9-7-6-8-10-19)23(26-21)18(4)24(27)20-13-11-16(2)12-14-20/h6-15,18H,5H2,1-4H3. The van der Waals surface area contributed by atoms with Gasteiger partial charge in [0.2, 0.25) is 0 Å². The Bertz CT molecular complexity index is 1020. The van der Waals surface area contributed by atoms with Crippen LogP contribution in [0.1, 0.15) is 57.4 Å². The van der Waals surface area contributed by atoms with E-state index in [2.05, 4.69) is 4.98 Å². The maximum atomic E-state index is 13.2. The van der Waals surface area contributed by atoms with Crippen molar-refractivity contribution in [3.63, 3.8) is 0 Å². The molecule has 3 rings (SSSR count). The molecule has 0 spiro atoms. The van der Waals surface area contributed by atoms with E-state index in [1.807, 2.05) is 75.4 Å². The Kier molecular flexibility index (Phi) is 6.23. The summed E-state index contributed by atoms with van der Waals surface area (Å²) in [6.45, 7) is 7.78. The highest BCUT2D eigenvalue weighted by Gasteiger charge is 2.25. The number of pyridine rings is 1. The van der Waals surface area contributed by atoms with Crippen molar-refractivity contribution in [2.45, 2.75) is 33.6 Å². The van der Waals surface area contributed by atoms with Gasteiger partial charge in [0.05, 0.1) is 18.2 Å². The summed E-state index contributed by atoms with van der Waals surface area (Å²) in [6.07, 6.45) is 0. The van der Waals surface area contributed by atoms with E-state index in [0.29, 0.717) is 11.3 Å². The molecule has 0 N–H and O–H groups in total. The van der Waals surface area contributed by atoms with Crippen LogP contribution in [-0.2, 0) is 4.74 Å². The summed E-state index contributed by atoms with van der Waals surface area (Å²) in [7, 11) is 0. The molecular weight excluding hydrogens is 362 g/mol. The first kappa shape index (κ1) is 20.5. The second-order valence-corrected chi connectivity index (χ2v) is 7.12. The summed E-state index contributed by atoms with van der Waals surface area (Å²) >= 11 is 0. The van der Waals surface area contributed by atoms with Gasteiger partial charge in [0.25, 0.3) is 0 Å². The number of aromatic nitrogens is 1. The Balaban J connectivity index is 2.14. The third-order valence-corrected chi connectivity index (χ3v) is 4.93. The lowest BCUT2D eigenvalue weighted by molar-refractivity contribution is 0.0518. The summed E-state index contributed by atoms with van der Waals surface area (Å²) in [4.78, 5) is 30.1. The molecule has 0 aliphatic heterocycles. The summed E-state index contributed by atoms with van der Waals surface area (Å²) < 4.78 is 5.14. The SMILES string of the molecule is CCOC(=O)c1cc(C)c(-c2ccccc2)c(C(C)C(=O)c2ccc(C)cc2)n1. The second kappa shape index (κ2) is 8.82. The number of benzene rings is 2. The topological polar surface area (TPSA) is 56.3 Å². The minimum atomic E-state index is -0.513. The van der Waals surface area contributed by atoms with Crippen molar-refractivity contribution >= 4 is 11.8 Å². The van der Waals surface area contributed by atoms with Gasteiger partial charge in [-0.25, -0.2) is 9.78 Å². The van der Waals surface area contributed by atoms with E-state index in [9.17, 15) is 9.59 Å². The van der Waals surface area contributed by atoms with E-state index in [4.69, 9.17) is 4.74 Å². The molecule has 1 heterocycles. The molecule has 0 saturated heterocycles. The molecule has 0 amide bonds. The van der Waals surface area contributed by atoms with Crippen LogP contribution < -0.4 is 0 Å². The molecule has 1 atom stereocenters. The van der Waals surface area contributed by atoms with E-state index >= 15 is 0 Å². The quantitative estimate of drug-likeness (QED) is 0.412. The van der Waals surface area contributed by atoms with Crippen molar-refractivity contribution in [3.8, 4) is 11.1 Å². The van der Waals surface area contributed by atoms with Crippen LogP contribution in [0.2, 0.25) is 0 Å². The minimum absolute atomic E-state index is 0.0323. The number of rotatable bonds is 6. The van der Waals surface area contributed by atoms with Gasteiger partial charge in [-0.15, -0.1) is 0 Å². The van der Waals surface area contributed by atoms with Gasteiger partial charge in [-0.2, -0.15) is 0 Å². The Labute approximate surface area is 171 Å². The predicted octanol–water partition coefficient (Wildman–Crippen LogP) is 5.53. The van der Waals surface area contributed by atoms with Crippen molar-refractivity contribution in [2.24, 2.45) is 0 Å². The molecule has 4 heteroatoms. The fourth-order valence-electron chi connectivity index (χ4n) is 3.39. The van der Waals surface area contributed by atoms with Gasteiger partial charge in [0, 0.05) is 11.1 Å². The van der Waals surface area contributed by atoms with Crippen LogP contribution in [0, 0.1) is 13.8 Å². The summed E-state index contributed by atoms with van der Waals surface area (Å²) in [5.74, 6) is -1.03. The average Bonchev–Trinajstić information content (AvgIpc) is 2.73. The summed E-state index contributed by atoms with van der Waals surface area (Å²) in [5, 5.41) is 0. The van der Waals surface area contributed by atoms with Gasteiger partial charge in [-0.1, -0.05) is 60.2 Å². The fraction of sp³-hybridized carbons (Fsp3) is 0.240. The van der Waals surface area contributed by atoms with Gasteiger partial charge < -0.3 is 4.74 Å². The lowest BCUT2D eigenvalue weighted by Crippen LogP contribution is -2.16. The van der Waals surface area contributed by atoms with Gasteiger partial charge in [0.15, 0.2) is 5.78 Å². The molecule has 148 valence electrons. The Hall–Kier alpha value is -3.27. The van der Waals surface area contributed by atoms with E-state index in [-0.39, 0.29) is 18.1 Å². The van der Waals surface area contributed by atoms with Crippen LogP contribution in [0.4, 0.5) is 0 Å². The number of ether oxygens (including phenoxy) is 1. The Morgan fingerprint density at radius 2 is 1.66 bits per heavy atom. The number of carbonyl (C=O) groups excluding carboxylic acids is 2. The van der Waals surface area contributed by atoms with Crippen molar-refractivity contribution in [3.05, 3.63) is 88.7 Å². The number of nitrogens with zero attached hydrogens (tertiary/aromatic N) is 1. The molecule has 2 aromatic carbocycles. The maximum absolute atomic E-state index is 13.2. The number of esters is 1. The molecule has 0 aliphatic rings. The third kappa shape index (κ3) is 4.43. The van der Waals surface area contributed by atoms with Crippen LogP contribution in [0.25, 0.3) is 11.1 Å². The van der Waals surface area contributed by atoms with Crippen LogP contribution in [0.15, 0.2) is 60.7 Å². The van der Waals surface area contributed by atoms with Crippen LogP contribution in [0.3, 0.4) is 0 Å². The molecule has 0 radical (unpaired) electrons. The number of hydrogen-bond acceptors (Lipinski definition) is 4. The zero-order valence-corrected chi connectivity index (χ0v) is 17.2. The van der Waals surface area contributed by atoms with Crippen LogP contribution in [-0.4, -0.2) is 23.3 Å². The molecule has 3 aromatic rings. The molecule has 0 saturated carbocycles. The number of hydrogen-bond donors (Lipinski definition) is 0. The molecule has 1 unspecified atom stereocenters. The number of Topliss-reactive ketones (excluding diaryl/α,β-unsaturated/α-hetero) is 1. The van der Waals surface area contributed by atoms with Crippen molar-refractivity contribution < 1.29 is 14.3 Å². The summed E-state index contributed by atoms with van der Waals surface area (Å²) in [6, 6.07) is 19.1. The molecule has 1 aromatic heterocycles. The predicted molar refractivity (Wildman–Crippen MR) is 114 cm³/mol. The van der Waals surface area contributed by atoms with Gasteiger partial charge in [0.1, 0.15) is 5.69 Å². The highest BCUT2D eigenvalue weighted by Crippen LogP contribution is 2.33. The highest BCUT2D eigenvalue weighted by atomic mass is 16.5. The van der Waals surface area contributed by atoms with Crippen molar-refractivity contribution in [1.29, 1.82) is 0 Å². The lowest BCUT2D eigenvalue weighted by Gasteiger charge is -2.19. The van der Waals surface area contributed by atoms with E-state index in [1.54, 1.807) is 13.0 Å². The number of ketones is 1. The molecule has 4 nitrogen and oxygen atoms in total. The van der Waals surface area contributed by atoms with Crippen LogP contribution >= 0.6 is 0 Å². The van der Waals surface area contributed by atoms with E-state index in [0.717, 1.165) is 22.3 Å². The monoisotopic (exact) mass is 387 g/mol. The largest absolute Gasteiger partial charge is 0.461 e. The zero-order chi connectivity index (χ0) is 21.0. The Morgan fingerprint density at radius 1 is 1.00 bits per heavy atom. The molecule has 0 bridgehead atoms. The second-order valence-electron chi connectivity index (χ2n) is 7.12. The van der Waals surface area contributed by atoms with Gasteiger partial charge >= 0.3 is 5.97 Å². The fourth-order valence-corrected chi connectivity index (χ4v) is 3.39. The van der Waals surface area contributed by atoms with Crippen molar-refractivity contribution in [1.82, 2.24) is 4.98 Å². The number of carbonyl (C=O) groups is 2. The highest BCUT2D eigenvalue weighted by molar-refractivity contribution is 6.02. The van der Waals surface area contributed by atoms with E-state index < -0.39 is 11.9 Å². The number of aryl methyl sites for hydroxylation is 2. The first-order chi connectivity index (χ1) is 13.9. The maximum Gasteiger partial charge on any atom is 0.356 e. The smallest absolute Gasteiger partial charge is 0.356 e. The zero-order valence-electron chi connectivity index (χ0n) is 17.2. The minimum Gasteiger partial charge on any atom is -0.461 e.